The Morgan fingerprint density at radius 1 is 0.500 bits per heavy atom. The van der Waals surface area contributed by atoms with Gasteiger partial charge in [0.15, 0.2) is 0 Å². The quantitative estimate of drug-likeness (QED) is 0.695. The van der Waals surface area contributed by atoms with Crippen molar-refractivity contribution in [3.8, 4) is 0 Å². The fourth-order valence-corrected chi connectivity index (χ4v) is 3.08. The van der Waals surface area contributed by atoms with E-state index in [0.29, 0.717) is 0 Å². The Morgan fingerprint density at radius 2 is 0.750 bits per heavy atom. The molecule has 0 saturated heterocycles. The molecule has 16 heavy (non-hydrogen) atoms. The van der Waals surface area contributed by atoms with Crippen LogP contribution in [0.1, 0.15) is 61.1 Å². The molecule has 0 atom stereocenters. The molecule has 0 aliphatic rings. The summed E-state index contributed by atoms with van der Waals surface area (Å²) in [6, 6.07) is 0. The van der Waals surface area contributed by atoms with E-state index in [4.69, 9.17) is 0 Å². The highest BCUT2D eigenvalue weighted by molar-refractivity contribution is 5.51. The normalized spacial score (nSPS) is 10.9. The average molecular weight is 218 g/mol. The van der Waals surface area contributed by atoms with E-state index in [0.717, 1.165) is 0 Å². The van der Waals surface area contributed by atoms with Crippen molar-refractivity contribution in [2.75, 3.05) is 0 Å². The summed E-state index contributed by atoms with van der Waals surface area (Å²) >= 11 is 0. The average Bonchev–Trinajstić information content (AvgIpc) is 2.31. The van der Waals surface area contributed by atoms with Crippen LogP contribution in [0.4, 0.5) is 0 Å². The van der Waals surface area contributed by atoms with Gasteiger partial charge < -0.3 is 0 Å². The van der Waals surface area contributed by atoms with Gasteiger partial charge in [-0.3, -0.25) is 0 Å². The van der Waals surface area contributed by atoms with Crippen molar-refractivity contribution in [1.29, 1.82) is 0 Å². The first kappa shape index (κ1) is 13.3. The third kappa shape index (κ3) is 2.03. The lowest BCUT2D eigenvalue weighted by atomic mass is 9.84. The van der Waals surface area contributed by atoms with Crippen molar-refractivity contribution < 1.29 is 0 Å². The van der Waals surface area contributed by atoms with Gasteiger partial charge in [-0.1, -0.05) is 27.7 Å². The molecule has 0 N–H and O–H groups in total. The van der Waals surface area contributed by atoms with E-state index < -0.39 is 0 Å². The highest BCUT2D eigenvalue weighted by Crippen LogP contribution is 2.29. The third-order valence-electron chi connectivity index (χ3n) is 3.97. The fraction of sp³-hybridized carbons (Fsp3) is 0.625. The van der Waals surface area contributed by atoms with Crippen LogP contribution in [-0.2, 0) is 25.7 Å². The summed E-state index contributed by atoms with van der Waals surface area (Å²) in [4.78, 5) is 0. The Balaban J connectivity index is 3.61. The van der Waals surface area contributed by atoms with E-state index in [1.807, 2.05) is 0 Å². The maximum Gasteiger partial charge on any atom is -0.0302 e. The summed E-state index contributed by atoms with van der Waals surface area (Å²) in [5.74, 6) is 0. The van der Waals surface area contributed by atoms with Gasteiger partial charge in [0.1, 0.15) is 0 Å². The van der Waals surface area contributed by atoms with Crippen LogP contribution in [0.3, 0.4) is 0 Å². The van der Waals surface area contributed by atoms with Gasteiger partial charge in [0, 0.05) is 0 Å². The molecule has 0 nitrogen and oxygen atoms in total. The maximum atomic E-state index is 2.30. The van der Waals surface area contributed by atoms with Crippen LogP contribution in [0.5, 0.6) is 0 Å². The van der Waals surface area contributed by atoms with Crippen LogP contribution >= 0.6 is 0 Å². The smallest absolute Gasteiger partial charge is 0.0302 e. The standard InChI is InChI=1S/C16H26/c1-7-13-11(5)12(6)14(8-2)16(10-4)15(13)9-3/h7-10H2,1-6H3. The zero-order chi connectivity index (χ0) is 12.3. The largest absolute Gasteiger partial charge is 0.0613 e. The maximum absolute atomic E-state index is 2.30. The van der Waals surface area contributed by atoms with Gasteiger partial charge in [-0.2, -0.15) is 0 Å². The summed E-state index contributed by atoms with van der Waals surface area (Å²) < 4.78 is 0. The minimum absolute atomic E-state index is 1.17. The number of benzene rings is 1. The molecular formula is C16H26. The molecule has 0 heteroatoms. The van der Waals surface area contributed by atoms with E-state index in [9.17, 15) is 0 Å². The second-order valence-electron chi connectivity index (χ2n) is 4.58. The van der Waals surface area contributed by atoms with Crippen LogP contribution in [0.2, 0.25) is 0 Å². The van der Waals surface area contributed by atoms with Gasteiger partial charge in [0.2, 0.25) is 0 Å². The van der Waals surface area contributed by atoms with Crippen molar-refractivity contribution in [1.82, 2.24) is 0 Å². The first-order valence-corrected chi connectivity index (χ1v) is 6.74. The van der Waals surface area contributed by atoms with Crippen LogP contribution in [-0.4, -0.2) is 0 Å². The molecule has 0 amide bonds. The van der Waals surface area contributed by atoms with Crippen LogP contribution in [0, 0.1) is 13.8 Å². The fourth-order valence-electron chi connectivity index (χ4n) is 3.08. The number of hydrogen-bond donors (Lipinski definition) is 0. The van der Waals surface area contributed by atoms with Gasteiger partial charge in [-0.25, -0.2) is 0 Å². The lowest BCUT2D eigenvalue weighted by Gasteiger charge is -2.22. The first-order valence-electron chi connectivity index (χ1n) is 6.74. The van der Waals surface area contributed by atoms with Crippen molar-refractivity contribution in [3.05, 3.63) is 33.4 Å². The Bertz CT molecular complexity index is 335. The Labute approximate surface area is 101 Å². The minimum atomic E-state index is 1.17. The zero-order valence-corrected chi connectivity index (χ0v) is 11.8. The van der Waals surface area contributed by atoms with Gasteiger partial charge in [0.05, 0.1) is 0 Å². The van der Waals surface area contributed by atoms with Crippen molar-refractivity contribution in [3.63, 3.8) is 0 Å². The molecule has 0 radical (unpaired) electrons. The third-order valence-corrected chi connectivity index (χ3v) is 3.97. The molecule has 1 aromatic rings. The summed E-state index contributed by atoms with van der Waals surface area (Å²) in [6.07, 6.45) is 4.71. The van der Waals surface area contributed by atoms with Crippen LogP contribution in [0.15, 0.2) is 0 Å². The molecule has 0 fully saturated rings. The molecule has 0 spiro atoms. The molecule has 0 unspecified atom stereocenters. The van der Waals surface area contributed by atoms with Gasteiger partial charge in [-0.05, 0) is 72.9 Å². The second-order valence-corrected chi connectivity index (χ2v) is 4.58. The highest BCUT2D eigenvalue weighted by Gasteiger charge is 2.15. The molecular weight excluding hydrogens is 192 g/mol. The Hall–Kier alpha value is -0.780. The van der Waals surface area contributed by atoms with Crippen LogP contribution < -0.4 is 0 Å². The number of rotatable bonds is 4. The van der Waals surface area contributed by atoms with Crippen molar-refractivity contribution >= 4 is 0 Å². The molecule has 0 aromatic heterocycles. The molecule has 0 saturated carbocycles. The minimum Gasteiger partial charge on any atom is -0.0613 e. The van der Waals surface area contributed by atoms with Gasteiger partial charge in [-0.15, -0.1) is 0 Å². The lowest BCUT2D eigenvalue weighted by molar-refractivity contribution is 0.918. The Morgan fingerprint density at radius 3 is 0.938 bits per heavy atom. The lowest BCUT2D eigenvalue weighted by Crippen LogP contribution is -2.08. The SMILES string of the molecule is CCc1c(C)c(C)c(CC)c(CC)c1CC. The van der Waals surface area contributed by atoms with E-state index in [2.05, 4.69) is 41.5 Å². The van der Waals surface area contributed by atoms with Gasteiger partial charge in [0.25, 0.3) is 0 Å². The molecule has 1 aromatic carbocycles. The van der Waals surface area contributed by atoms with E-state index in [1.165, 1.54) is 36.8 Å². The van der Waals surface area contributed by atoms with Crippen LogP contribution in [0.25, 0.3) is 0 Å². The van der Waals surface area contributed by atoms with E-state index >= 15 is 0 Å². The summed E-state index contributed by atoms with van der Waals surface area (Å²) in [5, 5.41) is 0. The van der Waals surface area contributed by atoms with Crippen molar-refractivity contribution in [2.45, 2.75) is 67.2 Å². The molecule has 1 rings (SSSR count). The second kappa shape index (κ2) is 5.52. The van der Waals surface area contributed by atoms with Crippen molar-refractivity contribution in [2.24, 2.45) is 0 Å². The first-order chi connectivity index (χ1) is 7.62. The van der Waals surface area contributed by atoms with E-state index in [1.54, 1.807) is 22.3 Å². The predicted molar refractivity (Wildman–Crippen MR) is 73.4 cm³/mol. The molecule has 90 valence electrons. The topological polar surface area (TPSA) is 0 Å². The zero-order valence-electron chi connectivity index (χ0n) is 11.8. The molecule has 0 bridgehead atoms. The summed E-state index contributed by atoms with van der Waals surface area (Å²) in [7, 11) is 0. The predicted octanol–water partition coefficient (Wildman–Crippen LogP) is 4.55. The number of hydrogen-bond acceptors (Lipinski definition) is 0. The molecule has 0 heterocycles. The summed E-state index contributed by atoms with van der Waals surface area (Å²) in [5.41, 5.74) is 9.54. The van der Waals surface area contributed by atoms with Gasteiger partial charge >= 0.3 is 0 Å². The van der Waals surface area contributed by atoms with E-state index in [-0.39, 0.29) is 0 Å². The summed E-state index contributed by atoms with van der Waals surface area (Å²) in [6.45, 7) is 13.7. The monoisotopic (exact) mass is 218 g/mol. The molecule has 0 aliphatic carbocycles. The Kier molecular flexibility index (Phi) is 4.58. The molecule has 0 aliphatic heterocycles. The highest BCUT2D eigenvalue weighted by atomic mass is 14.2.